The number of aromatic nitrogens is 1. The van der Waals surface area contributed by atoms with Gasteiger partial charge in [0.1, 0.15) is 17.3 Å². The molecule has 0 radical (unpaired) electrons. The maximum Gasteiger partial charge on any atom is 0.267 e. The first-order valence-electron chi connectivity index (χ1n) is 7.58. The number of hydrogen-bond donors (Lipinski definition) is 2. The van der Waals surface area contributed by atoms with Crippen molar-refractivity contribution in [1.29, 1.82) is 0 Å². The molecule has 0 aliphatic carbocycles. The minimum Gasteiger partial charge on any atom is -0.364 e. The average molecular weight is 315 g/mol. The molecule has 2 bridgehead atoms. The number of carbonyl (C=O) groups is 1. The van der Waals surface area contributed by atoms with Gasteiger partial charge in [0.2, 0.25) is 0 Å². The van der Waals surface area contributed by atoms with Gasteiger partial charge in [0.15, 0.2) is 0 Å². The van der Waals surface area contributed by atoms with Crippen LogP contribution in [0, 0.1) is 11.6 Å². The predicted molar refractivity (Wildman–Crippen MR) is 80.7 cm³/mol. The topological polar surface area (TPSA) is 68.0 Å². The molecule has 0 saturated carbocycles. The number of primary amides is 1. The number of fused-ring (bicyclic) bond motifs is 4. The predicted octanol–water partition coefficient (Wildman–Crippen LogP) is 2.47. The lowest BCUT2D eigenvalue weighted by atomic mass is 9.90. The van der Waals surface area contributed by atoms with E-state index >= 15 is 0 Å². The standard InChI is InChI=1S/C17H15F2N3O/c18-8-1-3-10(13(19)5-8)11-7-15(17(20)23)22-16-12(11)6-9-2-4-14(16)21-9/h1,3,5,7,9,14,21H,2,4,6H2,(H2,20,23)/t9-,14+/m1/s1. The molecule has 1 amide bonds. The molecule has 2 aliphatic rings. The second-order valence-electron chi connectivity index (χ2n) is 6.10. The van der Waals surface area contributed by atoms with E-state index in [0.717, 1.165) is 30.2 Å². The van der Waals surface area contributed by atoms with Crippen molar-refractivity contribution in [2.24, 2.45) is 5.73 Å². The zero-order valence-corrected chi connectivity index (χ0v) is 12.3. The van der Waals surface area contributed by atoms with Gasteiger partial charge >= 0.3 is 0 Å². The van der Waals surface area contributed by atoms with Crippen LogP contribution in [0.4, 0.5) is 8.78 Å². The largest absolute Gasteiger partial charge is 0.364 e. The van der Waals surface area contributed by atoms with Gasteiger partial charge in [-0.3, -0.25) is 4.79 Å². The van der Waals surface area contributed by atoms with Gasteiger partial charge in [-0.05, 0) is 48.6 Å². The number of pyridine rings is 1. The van der Waals surface area contributed by atoms with Crippen molar-refractivity contribution in [2.45, 2.75) is 31.3 Å². The molecule has 1 aromatic heterocycles. The van der Waals surface area contributed by atoms with E-state index in [1.807, 2.05) is 0 Å². The molecule has 1 aromatic carbocycles. The highest BCUT2D eigenvalue weighted by Gasteiger charge is 2.35. The monoisotopic (exact) mass is 315 g/mol. The Balaban J connectivity index is 1.97. The van der Waals surface area contributed by atoms with Crippen LogP contribution in [0.25, 0.3) is 11.1 Å². The Morgan fingerprint density at radius 2 is 2.04 bits per heavy atom. The van der Waals surface area contributed by atoms with Gasteiger partial charge in [-0.15, -0.1) is 0 Å². The van der Waals surface area contributed by atoms with Gasteiger partial charge < -0.3 is 11.1 Å². The molecular weight excluding hydrogens is 300 g/mol. The summed E-state index contributed by atoms with van der Waals surface area (Å²) in [5.74, 6) is -1.94. The van der Waals surface area contributed by atoms with E-state index < -0.39 is 17.5 Å². The van der Waals surface area contributed by atoms with Crippen LogP contribution >= 0.6 is 0 Å². The zero-order chi connectivity index (χ0) is 16.1. The minimum atomic E-state index is -0.656. The van der Waals surface area contributed by atoms with Crippen molar-refractivity contribution in [1.82, 2.24) is 10.3 Å². The molecule has 2 aromatic rings. The highest BCUT2D eigenvalue weighted by atomic mass is 19.1. The molecule has 3 N–H and O–H groups in total. The highest BCUT2D eigenvalue weighted by molar-refractivity contribution is 5.92. The van der Waals surface area contributed by atoms with Crippen LogP contribution in [0.3, 0.4) is 0 Å². The first kappa shape index (κ1) is 14.3. The summed E-state index contributed by atoms with van der Waals surface area (Å²) in [7, 11) is 0. The summed E-state index contributed by atoms with van der Waals surface area (Å²) in [6, 6.07) is 5.37. The van der Waals surface area contributed by atoms with Crippen LogP contribution in [0.2, 0.25) is 0 Å². The lowest BCUT2D eigenvalue weighted by Gasteiger charge is -2.26. The van der Waals surface area contributed by atoms with Gasteiger partial charge in [0.05, 0.1) is 11.7 Å². The number of benzene rings is 1. The van der Waals surface area contributed by atoms with Crippen LogP contribution in [0.5, 0.6) is 0 Å². The van der Waals surface area contributed by atoms with E-state index in [4.69, 9.17) is 5.73 Å². The number of nitrogens with two attached hydrogens (primary N) is 1. The van der Waals surface area contributed by atoms with Crippen LogP contribution < -0.4 is 11.1 Å². The third-order valence-electron chi connectivity index (χ3n) is 4.65. The lowest BCUT2D eigenvalue weighted by Crippen LogP contribution is -2.33. The van der Waals surface area contributed by atoms with Crippen molar-refractivity contribution in [2.75, 3.05) is 0 Å². The average Bonchev–Trinajstić information content (AvgIpc) is 2.89. The van der Waals surface area contributed by atoms with Crippen LogP contribution in [0.1, 0.15) is 40.6 Å². The smallest absolute Gasteiger partial charge is 0.267 e. The third kappa shape index (κ3) is 2.30. The van der Waals surface area contributed by atoms with Crippen LogP contribution in [0.15, 0.2) is 24.3 Å². The molecule has 4 nitrogen and oxygen atoms in total. The summed E-state index contributed by atoms with van der Waals surface area (Å²) < 4.78 is 27.5. The number of nitrogens with one attached hydrogen (secondary N) is 1. The van der Waals surface area contributed by atoms with E-state index in [9.17, 15) is 13.6 Å². The molecule has 6 heteroatoms. The maximum absolute atomic E-state index is 14.3. The maximum atomic E-state index is 14.3. The summed E-state index contributed by atoms with van der Waals surface area (Å²) in [5, 5.41) is 3.45. The summed E-state index contributed by atoms with van der Waals surface area (Å²) in [6.45, 7) is 0. The van der Waals surface area contributed by atoms with Gasteiger partial charge in [0.25, 0.3) is 5.91 Å². The number of rotatable bonds is 2. The second kappa shape index (κ2) is 5.09. The molecule has 0 unspecified atom stereocenters. The number of carbonyl (C=O) groups excluding carboxylic acids is 1. The molecule has 118 valence electrons. The van der Waals surface area contributed by atoms with E-state index in [1.54, 1.807) is 0 Å². The summed E-state index contributed by atoms with van der Waals surface area (Å²) >= 11 is 0. The Hall–Kier alpha value is -2.34. The van der Waals surface area contributed by atoms with Crippen molar-refractivity contribution < 1.29 is 13.6 Å². The molecule has 4 rings (SSSR count). The number of halogens is 2. The SMILES string of the molecule is NC(=O)c1cc(-c2ccc(F)cc2F)c2c(n1)[C@@H]1CC[C@H](C2)N1. The minimum absolute atomic E-state index is 0.0605. The molecule has 2 aliphatic heterocycles. The summed E-state index contributed by atoms with van der Waals surface area (Å²) in [5.41, 5.74) is 8.02. The summed E-state index contributed by atoms with van der Waals surface area (Å²) in [4.78, 5) is 16.0. The van der Waals surface area contributed by atoms with E-state index in [-0.39, 0.29) is 17.3 Å². The normalized spacial score (nSPS) is 22.0. The quantitative estimate of drug-likeness (QED) is 0.894. The van der Waals surface area contributed by atoms with Crippen LogP contribution in [-0.2, 0) is 6.42 Å². The first-order chi connectivity index (χ1) is 11.0. The Kier molecular flexibility index (Phi) is 3.16. The fraction of sp³-hybridized carbons (Fsp3) is 0.294. The highest BCUT2D eigenvalue weighted by Crippen LogP contribution is 2.40. The fourth-order valence-electron chi connectivity index (χ4n) is 3.61. The number of hydrogen-bond acceptors (Lipinski definition) is 3. The van der Waals surface area contributed by atoms with Crippen LogP contribution in [-0.4, -0.2) is 16.9 Å². The van der Waals surface area contributed by atoms with Crippen molar-refractivity contribution >= 4 is 5.91 Å². The van der Waals surface area contributed by atoms with Crippen molar-refractivity contribution in [3.63, 3.8) is 0 Å². The zero-order valence-electron chi connectivity index (χ0n) is 12.3. The van der Waals surface area contributed by atoms with Gasteiger partial charge in [-0.25, -0.2) is 13.8 Å². The number of nitrogens with zero attached hydrogens (tertiary/aromatic N) is 1. The van der Waals surface area contributed by atoms with Gasteiger partial charge in [-0.1, -0.05) is 0 Å². The molecule has 3 heterocycles. The fourth-order valence-corrected chi connectivity index (χ4v) is 3.61. The van der Waals surface area contributed by atoms with Crippen molar-refractivity contribution in [3.05, 3.63) is 52.9 Å². The Labute approximate surface area is 131 Å². The number of amides is 1. The Morgan fingerprint density at radius 1 is 1.22 bits per heavy atom. The molecular formula is C17H15F2N3O. The third-order valence-corrected chi connectivity index (χ3v) is 4.65. The second-order valence-corrected chi connectivity index (χ2v) is 6.10. The van der Waals surface area contributed by atoms with Gasteiger partial charge in [-0.2, -0.15) is 0 Å². The molecule has 23 heavy (non-hydrogen) atoms. The lowest BCUT2D eigenvalue weighted by molar-refractivity contribution is 0.0995. The molecule has 2 atom stereocenters. The Morgan fingerprint density at radius 3 is 2.78 bits per heavy atom. The van der Waals surface area contributed by atoms with E-state index in [0.29, 0.717) is 18.0 Å². The van der Waals surface area contributed by atoms with Crippen molar-refractivity contribution in [3.8, 4) is 11.1 Å². The first-order valence-corrected chi connectivity index (χ1v) is 7.58. The van der Waals surface area contributed by atoms with E-state index in [2.05, 4.69) is 10.3 Å². The van der Waals surface area contributed by atoms with Gasteiger partial charge in [0, 0.05) is 17.7 Å². The Bertz CT molecular complexity index is 822. The molecule has 1 saturated heterocycles. The van der Waals surface area contributed by atoms with E-state index in [1.165, 1.54) is 18.2 Å². The molecule has 1 fully saturated rings. The molecule has 0 spiro atoms. The summed E-state index contributed by atoms with van der Waals surface area (Å²) in [6.07, 6.45) is 2.65.